The van der Waals surface area contributed by atoms with Crippen molar-refractivity contribution in [3.05, 3.63) is 34.9 Å². The van der Waals surface area contributed by atoms with Gasteiger partial charge in [0.25, 0.3) is 0 Å². The molecule has 0 saturated carbocycles. The van der Waals surface area contributed by atoms with Gasteiger partial charge in [-0.15, -0.1) is 0 Å². The summed E-state index contributed by atoms with van der Waals surface area (Å²) in [6, 6.07) is 7.13. The van der Waals surface area contributed by atoms with Crippen molar-refractivity contribution in [2.45, 2.75) is 19.3 Å². The average molecular weight is 241 g/mol. The van der Waals surface area contributed by atoms with Crippen molar-refractivity contribution in [2.24, 2.45) is 0 Å². The van der Waals surface area contributed by atoms with Crippen LogP contribution in [-0.4, -0.2) is 18.9 Å². The Bertz CT molecular complexity index is 388. The number of hydrogen-bond acceptors (Lipinski definition) is 3. The smallest absolute Gasteiger partial charge is 0.305 e. The van der Waals surface area contributed by atoms with Gasteiger partial charge in [0.2, 0.25) is 0 Å². The highest BCUT2D eigenvalue weighted by molar-refractivity contribution is 6.30. The Morgan fingerprint density at radius 1 is 1.31 bits per heavy atom. The molecule has 1 aromatic rings. The molecule has 0 unspecified atom stereocenters. The van der Waals surface area contributed by atoms with E-state index in [1.54, 1.807) is 18.2 Å². The fourth-order valence-corrected chi connectivity index (χ4v) is 1.52. The fourth-order valence-electron chi connectivity index (χ4n) is 1.31. The standard InChI is InChI=1S/C12H13ClO3/c1-16-12(15)6-5-11(14)8-9-3-2-4-10(13)7-9/h2-4,7H,5-6,8H2,1H3. The lowest BCUT2D eigenvalue weighted by Crippen LogP contribution is -2.07. The van der Waals surface area contributed by atoms with Gasteiger partial charge in [0, 0.05) is 17.9 Å². The molecule has 1 rings (SSSR count). The molecule has 0 aliphatic rings. The number of methoxy groups -OCH3 is 1. The van der Waals surface area contributed by atoms with Gasteiger partial charge in [-0.1, -0.05) is 23.7 Å². The van der Waals surface area contributed by atoms with E-state index in [0.717, 1.165) is 5.56 Å². The van der Waals surface area contributed by atoms with Crippen LogP contribution in [-0.2, 0) is 20.7 Å². The fraction of sp³-hybridized carbons (Fsp3) is 0.333. The molecular formula is C12H13ClO3. The molecule has 3 nitrogen and oxygen atoms in total. The van der Waals surface area contributed by atoms with Crippen LogP contribution in [0, 0.1) is 0 Å². The molecular weight excluding hydrogens is 228 g/mol. The van der Waals surface area contributed by atoms with E-state index >= 15 is 0 Å². The molecule has 0 aromatic heterocycles. The summed E-state index contributed by atoms with van der Waals surface area (Å²) < 4.78 is 4.46. The molecule has 0 aliphatic carbocycles. The molecule has 0 fully saturated rings. The second kappa shape index (κ2) is 6.28. The molecule has 0 saturated heterocycles. The lowest BCUT2D eigenvalue weighted by molar-refractivity contribution is -0.141. The summed E-state index contributed by atoms with van der Waals surface area (Å²) in [5.41, 5.74) is 0.863. The van der Waals surface area contributed by atoms with Crippen molar-refractivity contribution in [2.75, 3.05) is 7.11 Å². The van der Waals surface area contributed by atoms with Crippen LogP contribution in [0.3, 0.4) is 0 Å². The summed E-state index contributed by atoms with van der Waals surface area (Å²) >= 11 is 5.79. The minimum absolute atomic E-state index is 0.00710. The summed E-state index contributed by atoms with van der Waals surface area (Å²) in [5.74, 6) is -0.355. The number of benzene rings is 1. The number of rotatable bonds is 5. The Hall–Kier alpha value is -1.35. The first-order chi connectivity index (χ1) is 7.61. The molecule has 0 heterocycles. The van der Waals surface area contributed by atoms with E-state index in [-0.39, 0.29) is 24.6 Å². The minimum atomic E-state index is -0.362. The van der Waals surface area contributed by atoms with Crippen LogP contribution in [0.4, 0.5) is 0 Å². The van der Waals surface area contributed by atoms with Gasteiger partial charge in [0.1, 0.15) is 5.78 Å². The van der Waals surface area contributed by atoms with Crippen molar-refractivity contribution in [3.63, 3.8) is 0 Å². The third kappa shape index (κ3) is 4.45. The van der Waals surface area contributed by atoms with Crippen molar-refractivity contribution in [1.29, 1.82) is 0 Å². The summed E-state index contributed by atoms with van der Waals surface area (Å²) in [4.78, 5) is 22.3. The lowest BCUT2D eigenvalue weighted by Gasteiger charge is -2.01. The summed E-state index contributed by atoms with van der Waals surface area (Å²) in [5, 5.41) is 0.610. The van der Waals surface area contributed by atoms with Gasteiger partial charge in [-0.05, 0) is 17.7 Å². The Morgan fingerprint density at radius 3 is 2.69 bits per heavy atom. The molecule has 0 spiro atoms. The van der Waals surface area contributed by atoms with Crippen LogP contribution in [0.5, 0.6) is 0 Å². The SMILES string of the molecule is COC(=O)CCC(=O)Cc1cccc(Cl)c1. The highest BCUT2D eigenvalue weighted by atomic mass is 35.5. The maximum atomic E-state index is 11.5. The summed E-state index contributed by atoms with van der Waals surface area (Å²) in [7, 11) is 1.31. The zero-order valence-corrected chi connectivity index (χ0v) is 9.79. The van der Waals surface area contributed by atoms with Crippen LogP contribution in [0.2, 0.25) is 5.02 Å². The molecule has 0 bridgehead atoms. The molecule has 0 atom stereocenters. The van der Waals surface area contributed by atoms with Crippen molar-refractivity contribution < 1.29 is 14.3 Å². The van der Waals surface area contributed by atoms with Crippen molar-refractivity contribution >= 4 is 23.4 Å². The lowest BCUT2D eigenvalue weighted by atomic mass is 10.1. The number of esters is 1. The van der Waals surface area contributed by atoms with E-state index in [2.05, 4.69) is 4.74 Å². The van der Waals surface area contributed by atoms with Gasteiger partial charge in [-0.3, -0.25) is 9.59 Å². The van der Waals surface area contributed by atoms with Crippen LogP contribution >= 0.6 is 11.6 Å². The number of carbonyl (C=O) groups excluding carboxylic acids is 2. The van der Waals surface area contributed by atoms with Crippen LogP contribution in [0.15, 0.2) is 24.3 Å². The normalized spacial score (nSPS) is 9.88. The van der Waals surface area contributed by atoms with Gasteiger partial charge < -0.3 is 4.74 Å². The largest absolute Gasteiger partial charge is 0.469 e. The molecule has 0 amide bonds. The first-order valence-electron chi connectivity index (χ1n) is 4.95. The molecule has 0 aliphatic heterocycles. The number of hydrogen-bond donors (Lipinski definition) is 0. The van der Waals surface area contributed by atoms with E-state index in [1.807, 2.05) is 6.07 Å². The third-order valence-corrected chi connectivity index (χ3v) is 2.36. The van der Waals surface area contributed by atoms with Crippen LogP contribution < -0.4 is 0 Å². The third-order valence-electron chi connectivity index (χ3n) is 2.13. The second-order valence-electron chi connectivity index (χ2n) is 3.42. The number of carbonyl (C=O) groups is 2. The Labute approximate surface area is 99.4 Å². The van der Waals surface area contributed by atoms with Gasteiger partial charge in [0.15, 0.2) is 0 Å². The second-order valence-corrected chi connectivity index (χ2v) is 3.86. The highest BCUT2D eigenvalue weighted by Gasteiger charge is 2.07. The Balaban J connectivity index is 2.43. The molecule has 86 valence electrons. The maximum absolute atomic E-state index is 11.5. The van der Waals surface area contributed by atoms with Gasteiger partial charge in [-0.2, -0.15) is 0 Å². The summed E-state index contributed by atoms with van der Waals surface area (Å²) in [6.07, 6.45) is 0.645. The zero-order valence-electron chi connectivity index (χ0n) is 9.03. The van der Waals surface area contributed by atoms with Crippen LogP contribution in [0.1, 0.15) is 18.4 Å². The molecule has 0 N–H and O–H groups in total. The predicted octanol–water partition coefficient (Wildman–Crippen LogP) is 2.40. The maximum Gasteiger partial charge on any atom is 0.305 e. The summed E-state index contributed by atoms with van der Waals surface area (Å²) in [6.45, 7) is 0. The quantitative estimate of drug-likeness (QED) is 0.743. The number of halogens is 1. The van der Waals surface area contributed by atoms with E-state index in [0.29, 0.717) is 11.4 Å². The van der Waals surface area contributed by atoms with Crippen molar-refractivity contribution in [1.82, 2.24) is 0 Å². The van der Waals surface area contributed by atoms with Crippen molar-refractivity contribution in [3.8, 4) is 0 Å². The number of Topliss-reactive ketones (excluding diaryl/α,β-unsaturated/α-hetero) is 1. The first kappa shape index (κ1) is 12.7. The van der Waals surface area contributed by atoms with Gasteiger partial charge in [-0.25, -0.2) is 0 Å². The van der Waals surface area contributed by atoms with Gasteiger partial charge >= 0.3 is 5.97 Å². The molecule has 1 aromatic carbocycles. The Kier molecular flexibility index (Phi) is 4.99. The zero-order chi connectivity index (χ0) is 12.0. The highest BCUT2D eigenvalue weighted by Crippen LogP contribution is 2.12. The molecule has 16 heavy (non-hydrogen) atoms. The minimum Gasteiger partial charge on any atom is -0.469 e. The first-order valence-corrected chi connectivity index (χ1v) is 5.32. The predicted molar refractivity (Wildman–Crippen MR) is 61.4 cm³/mol. The van der Waals surface area contributed by atoms with Crippen LogP contribution in [0.25, 0.3) is 0 Å². The molecule has 0 radical (unpaired) electrons. The van der Waals surface area contributed by atoms with Gasteiger partial charge in [0.05, 0.1) is 13.5 Å². The Morgan fingerprint density at radius 2 is 2.06 bits per heavy atom. The average Bonchev–Trinajstić information content (AvgIpc) is 2.26. The van der Waals surface area contributed by atoms with E-state index in [4.69, 9.17) is 11.6 Å². The monoisotopic (exact) mass is 240 g/mol. The topological polar surface area (TPSA) is 43.4 Å². The van der Waals surface area contributed by atoms with E-state index < -0.39 is 0 Å². The number of ether oxygens (including phenoxy) is 1. The van der Waals surface area contributed by atoms with E-state index in [1.165, 1.54) is 7.11 Å². The number of ketones is 1. The van der Waals surface area contributed by atoms with E-state index in [9.17, 15) is 9.59 Å². The molecule has 4 heteroatoms.